The molecule has 0 spiro atoms. The molecular formula is C32H28BN3O7. The third kappa shape index (κ3) is 4.58. The Balaban J connectivity index is 1.28. The first kappa shape index (κ1) is 28.0. The highest BCUT2D eigenvalue weighted by Crippen LogP contribution is 2.51. The first-order valence-electron chi connectivity index (χ1n) is 13.8. The highest BCUT2D eigenvalue weighted by Gasteiger charge is 2.59. The molecule has 0 aliphatic heterocycles. The molecule has 6 rings (SSSR count). The van der Waals surface area contributed by atoms with Gasteiger partial charge < -0.3 is 31.7 Å². The zero-order chi connectivity index (χ0) is 30.6. The summed E-state index contributed by atoms with van der Waals surface area (Å²) < 4.78 is 0. The number of ketones is 2. The highest BCUT2D eigenvalue weighted by molar-refractivity contribution is 6.32. The standard InChI is InChI=1S/C32H28BN3O7/c33-18-6-10-20(11-7-18)36-31(42)35-19-8-4-15(5-9-19)21-2-1-3-22-23(21)13-16-12-17-14-24(37)26(30(34)41)29(40)32(17,43)28(39)25(16)27(22)38/h1-11,16-17,37,39,43H,12-14,33H2,(H2,34,41)(H2,35,36,42)/t16?,17-,32-/m0/s1. The number of anilines is 2. The summed E-state index contributed by atoms with van der Waals surface area (Å²) in [4.78, 5) is 51.1. The Morgan fingerprint density at radius 1 is 0.884 bits per heavy atom. The molecular weight excluding hydrogens is 549 g/mol. The molecule has 0 bridgehead atoms. The largest absolute Gasteiger partial charge is 0.511 e. The SMILES string of the molecule is Bc1ccc(NC(=O)Nc2ccc(-c3cccc4c3CC3C[C@H]5CC(O)=C(C(N)=O)C(=O)[C@@]5(O)C(O)=C3C4=O)cc2)cc1. The molecule has 7 N–H and O–H groups in total. The second-order valence-electron chi connectivity index (χ2n) is 11.3. The molecule has 43 heavy (non-hydrogen) atoms. The van der Waals surface area contributed by atoms with Crippen LogP contribution in [-0.4, -0.2) is 52.3 Å². The van der Waals surface area contributed by atoms with Crippen molar-refractivity contribution in [2.75, 3.05) is 10.6 Å². The number of urea groups is 1. The summed E-state index contributed by atoms with van der Waals surface area (Å²) in [6, 6.07) is 19.4. The number of primary amides is 1. The summed E-state index contributed by atoms with van der Waals surface area (Å²) in [5.41, 5.74) is 6.89. The van der Waals surface area contributed by atoms with E-state index in [4.69, 9.17) is 5.73 Å². The van der Waals surface area contributed by atoms with Crippen LogP contribution in [-0.2, 0) is 16.0 Å². The van der Waals surface area contributed by atoms with Gasteiger partial charge in [-0.3, -0.25) is 14.4 Å². The molecule has 0 aromatic heterocycles. The number of hydrogen-bond acceptors (Lipinski definition) is 7. The maximum Gasteiger partial charge on any atom is 0.323 e. The van der Waals surface area contributed by atoms with Crippen molar-refractivity contribution in [1.82, 2.24) is 0 Å². The van der Waals surface area contributed by atoms with Crippen molar-refractivity contribution in [1.29, 1.82) is 0 Å². The molecule has 3 aromatic rings. The van der Waals surface area contributed by atoms with Crippen molar-refractivity contribution in [3.63, 3.8) is 0 Å². The number of benzene rings is 3. The van der Waals surface area contributed by atoms with Crippen LogP contribution in [0.5, 0.6) is 0 Å². The summed E-state index contributed by atoms with van der Waals surface area (Å²) in [5.74, 6) is -5.74. The van der Waals surface area contributed by atoms with Gasteiger partial charge in [-0.15, -0.1) is 0 Å². The van der Waals surface area contributed by atoms with Crippen LogP contribution in [0.2, 0.25) is 0 Å². The number of Topliss-reactive ketones (excluding diaryl/α,β-unsaturated/α-hetero) is 2. The molecule has 3 aliphatic rings. The molecule has 216 valence electrons. The average Bonchev–Trinajstić information content (AvgIpc) is 2.96. The summed E-state index contributed by atoms with van der Waals surface area (Å²) in [7, 11) is 1.96. The smallest absolute Gasteiger partial charge is 0.323 e. The van der Waals surface area contributed by atoms with E-state index in [0.717, 1.165) is 22.2 Å². The van der Waals surface area contributed by atoms with Crippen LogP contribution in [0.1, 0.15) is 28.8 Å². The second kappa shape index (κ2) is 10.3. The van der Waals surface area contributed by atoms with Crippen molar-refractivity contribution < 1.29 is 34.5 Å². The number of fused-ring (bicyclic) bond motifs is 3. The van der Waals surface area contributed by atoms with Crippen molar-refractivity contribution >= 4 is 48.2 Å². The summed E-state index contributed by atoms with van der Waals surface area (Å²) in [5, 5.41) is 38.5. The van der Waals surface area contributed by atoms with Crippen molar-refractivity contribution in [2.24, 2.45) is 17.6 Å². The number of amides is 3. The molecule has 3 aromatic carbocycles. The number of nitrogens with two attached hydrogens (primary N) is 1. The van der Waals surface area contributed by atoms with Gasteiger partial charge in [0.25, 0.3) is 5.91 Å². The van der Waals surface area contributed by atoms with E-state index < -0.39 is 52.0 Å². The van der Waals surface area contributed by atoms with E-state index in [9.17, 15) is 34.5 Å². The number of rotatable bonds is 4. The number of hydrogen-bond donors (Lipinski definition) is 6. The van der Waals surface area contributed by atoms with Gasteiger partial charge in [-0.25, -0.2) is 4.79 Å². The Morgan fingerprint density at radius 2 is 1.49 bits per heavy atom. The molecule has 1 unspecified atom stereocenters. The Labute approximate surface area is 247 Å². The van der Waals surface area contributed by atoms with E-state index in [0.29, 0.717) is 23.4 Å². The summed E-state index contributed by atoms with van der Waals surface area (Å²) >= 11 is 0. The minimum Gasteiger partial charge on any atom is -0.511 e. The quantitative estimate of drug-likeness (QED) is 0.204. The minimum atomic E-state index is -2.53. The fourth-order valence-electron chi connectivity index (χ4n) is 6.48. The Morgan fingerprint density at radius 3 is 2.12 bits per heavy atom. The number of nitrogens with one attached hydrogen (secondary N) is 2. The summed E-state index contributed by atoms with van der Waals surface area (Å²) in [6.07, 6.45) is 0.211. The predicted molar refractivity (Wildman–Crippen MR) is 162 cm³/mol. The van der Waals surface area contributed by atoms with Crippen LogP contribution in [0.25, 0.3) is 11.1 Å². The van der Waals surface area contributed by atoms with Gasteiger partial charge in [0, 0.05) is 34.9 Å². The molecule has 3 aliphatic carbocycles. The van der Waals surface area contributed by atoms with Crippen LogP contribution >= 0.6 is 0 Å². The van der Waals surface area contributed by atoms with Crippen LogP contribution in [0, 0.1) is 11.8 Å². The number of allylic oxidation sites excluding steroid dienone is 2. The fraction of sp³-hybridized carbons (Fsp3) is 0.188. The summed E-state index contributed by atoms with van der Waals surface area (Å²) in [6.45, 7) is 0. The number of aliphatic hydroxyl groups is 3. The third-order valence-electron chi connectivity index (χ3n) is 8.61. The lowest BCUT2D eigenvalue weighted by Gasteiger charge is -2.45. The van der Waals surface area contributed by atoms with Gasteiger partial charge in [-0.2, -0.15) is 0 Å². The Hall–Kier alpha value is -5.16. The van der Waals surface area contributed by atoms with Gasteiger partial charge in [-0.1, -0.05) is 47.9 Å². The Bertz CT molecular complexity index is 1780. The first-order valence-corrected chi connectivity index (χ1v) is 13.8. The zero-order valence-electron chi connectivity index (χ0n) is 23.2. The van der Waals surface area contributed by atoms with Crippen molar-refractivity contribution in [3.05, 3.63) is 101 Å². The van der Waals surface area contributed by atoms with Crippen LogP contribution < -0.4 is 21.8 Å². The molecule has 10 nitrogen and oxygen atoms in total. The topological polar surface area (TPSA) is 179 Å². The molecule has 0 saturated carbocycles. The van der Waals surface area contributed by atoms with E-state index in [1.54, 1.807) is 24.3 Å². The molecule has 0 saturated heterocycles. The minimum absolute atomic E-state index is 0.0684. The maximum absolute atomic E-state index is 13.7. The van der Waals surface area contributed by atoms with Gasteiger partial charge in [0.1, 0.15) is 24.9 Å². The van der Waals surface area contributed by atoms with Gasteiger partial charge >= 0.3 is 6.03 Å². The lowest BCUT2D eigenvalue weighted by molar-refractivity contribution is -0.144. The zero-order valence-corrected chi connectivity index (χ0v) is 23.2. The van der Waals surface area contributed by atoms with Gasteiger partial charge in [-0.05, 0) is 59.7 Å². The van der Waals surface area contributed by atoms with E-state index >= 15 is 0 Å². The second-order valence-corrected chi connectivity index (χ2v) is 11.3. The van der Waals surface area contributed by atoms with Gasteiger partial charge in [0.2, 0.25) is 5.78 Å². The third-order valence-corrected chi connectivity index (χ3v) is 8.61. The first-order chi connectivity index (χ1) is 20.5. The van der Waals surface area contributed by atoms with Gasteiger partial charge in [0.15, 0.2) is 11.4 Å². The number of carbonyl (C=O) groups is 4. The monoisotopic (exact) mass is 577 g/mol. The van der Waals surface area contributed by atoms with Crippen molar-refractivity contribution in [3.8, 4) is 11.1 Å². The van der Waals surface area contributed by atoms with E-state index in [1.807, 2.05) is 50.3 Å². The lowest BCUT2D eigenvalue weighted by Crippen LogP contribution is -2.57. The molecule has 0 heterocycles. The highest BCUT2D eigenvalue weighted by atomic mass is 16.3. The average molecular weight is 577 g/mol. The number of carbonyl (C=O) groups excluding carboxylic acids is 4. The van der Waals surface area contributed by atoms with Gasteiger partial charge in [0.05, 0.1) is 0 Å². The maximum atomic E-state index is 13.7. The van der Waals surface area contributed by atoms with Crippen molar-refractivity contribution in [2.45, 2.75) is 24.9 Å². The van der Waals surface area contributed by atoms with E-state index in [1.165, 1.54) is 0 Å². The molecule has 11 heteroatoms. The normalized spacial score (nSPS) is 22.8. The fourth-order valence-corrected chi connectivity index (χ4v) is 6.48. The molecule has 0 fully saturated rings. The predicted octanol–water partition coefficient (Wildman–Crippen LogP) is 2.44. The molecule has 3 atom stereocenters. The number of aliphatic hydroxyl groups excluding tert-OH is 2. The molecule has 3 amide bonds. The molecule has 0 radical (unpaired) electrons. The van der Waals surface area contributed by atoms with E-state index in [-0.39, 0.29) is 24.4 Å². The van der Waals surface area contributed by atoms with Crippen LogP contribution in [0.15, 0.2) is 89.4 Å². The van der Waals surface area contributed by atoms with Crippen LogP contribution in [0.3, 0.4) is 0 Å². The lowest BCUT2D eigenvalue weighted by atomic mass is 9.60. The van der Waals surface area contributed by atoms with E-state index in [2.05, 4.69) is 10.6 Å². The van der Waals surface area contributed by atoms with Crippen LogP contribution in [0.4, 0.5) is 16.2 Å². The Kier molecular flexibility index (Phi) is 6.69.